The normalized spacial score (nSPS) is 18.2. The third kappa shape index (κ3) is 6.64. The Morgan fingerprint density at radius 3 is 2.14 bits per heavy atom. The Kier molecular flexibility index (Phi) is 6.66. The van der Waals surface area contributed by atoms with Gasteiger partial charge in [-0.25, -0.2) is 4.79 Å². The Hall–Kier alpha value is -1.30. The molecule has 1 saturated heterocycles. The second-order valence-electron chi connectivity index (χ2n) is 7.29. The molecule has 0 aromatic carbocycles. The van der Waals surface area contributed by atoms with E-state index >= 15 is 0 Å². The van der Waals surface area contributed by atoms with Crippen LogP contribution in [0.1, 0.15) is 54.4 Å². The first-order valence-electron chi connectivity index (χ1n) is 8.13. The summed E-state index contributed by atoms with van der Waals surface area (Å²) < 4.78 is 5.38. The van der Waals surface area contributed by atoms with E-state index in [1.807, 2.05) is 41.5 Å². The van der Waals surface area contributed by atoms with Gasteiger partial charge < -0.3 is 20.3 Å². The zero-order valence-electron chi connectivity index (χ0n) is 14.7. The summed E-state index contributed by atoms with van der Waals surface area (Å²) in [5.41, 5.74) is -0.463. The van der Waals surface area contributed by atoms with Crippen LogP contribution in [0.15, 0.2) is 0 Å². The van der Waals surface area contributed by atoms with Gasteiger partial charge in [0, 0.05) is 25.2 Å². The van der Waals surface area contributed by atoms with E-state index in [1.54, 1.807) is 4.90 Å². The highest BCUT2D eigenvalue weighted by molar-refractivity contribution is 5.81. The molecule has 2 amide bonds. The molecule has 0 aromatic rings. The standard InChI is InChI=1S/C16H31N3O3/c1-11(2)17-14(20)12(3)18-13-7-9-19(10-8-13)15(21)22-16(4,5)6/h11-13,18H,7-10H2,1-6H3,(H,17,20). The maximum Gasteiger partial charge on any atom is 0.410 e. The molecule has 2 N–H and O–H groups in total. The number of hydrogen-bond donors (Lipinski definition) is 2. The summed E-state index contributed by atoms with van der Waals surface area (Å²) in [6.45, 7) is 12.7. The minimum Gasteiger partial charge on any atom is -0.444 e. The van der Waals surface area contributed by atoms with Gasteiger partial charge in [-0.1, -0.05) is 0 Å². The van der Waals surface area contributed by atoms with Crippen molar-refractivity contribution in [3.8, 4) is 0 Å². The highest BCUT2D eigenvalue weighted by Gasteiger charge is 2.28. The summed E-state index contributed by atoms with van der Waals surface area (Å²) in [5, 5.41) is 6.24. The van der Waals surface area contributed by atoms with Crippen molar-refractivity contribution < 1.29 is 14.3 Å². The van der Waals surface area contributed by atoms with Gasteiger partial charge in [-0.3, -0.25) is 4.79 Å². The molecule has 6 nitrogen and oxygen atoms in total. The van der Waals surface area contributed by atoms with Crippen LogP contribution in [0.4, 0.5) is 4.79 Å². The summed E-state index contributed by atoms with van der Waals surface area (Å²) in [6, 6.07) is 0.179. The maximum absolute atomic E-state index is 12.0. The molecular weight excluding hydrogens is 282 g/mol. The van der Waals surface area contributed by atoms with E-state index in [-0.39, 0.29) is 30.1 Å². The number of carbonyl (C=O) groups excluding carboxylic acids is 2. The predicted molar refractivity (Wildman–Crippen MR) is 86.7 cm³/mol. The van der Waals surface area contributed by atoms with E-state index in [2.05, 4.69) is 10.6 Å². The van der Waals surface area contributed by atoms with Gasteiger partial charge in [-0.05, 0) is 54.4 Å². The predicted octanol–water partition coefficient (Wildman–Crippen LogP) is 1.89. The van der Waals surface area contributed by atoms with Gasteiger partial charge in [0.1, 0.15) is 5.60 Å². The number of hydrogen-bond acceptors (Lipinski definition) is 4. The molecule has 128 valence electrons. The van der Waals surface area contributed by atoms with Crippen molar-refractivity contribution >= 4 is 12.0 Å². The fraction of sp³-hybridized carbons (Fsp3) is 0.875. The lowest BCUT2D eigenvalue weighted by Crippen LogP contribution is -2.52. The Morgan fingerprint density at radius 1 is 1.14 bits per heavy atom. The van der Waals surface area contributed by atoms with Crippen LogP contribution in [0.25, 0.3) is 0 Å². The lowest BCUT2D eigenvalue weighted by Gasteiger charge is -2.34. The van der Waals surface area contributed by atoms with Crippen molar-refractivity contribution in [2.75, 3.05) is 13.1 Å². The summed E-state index contributed by atoms with van der Waals surface area (Å²) in [5.74, 6) is 0.0181. The van der Waals surface area contributed by atoms with Crippen LogP contribution in [-0.4, -0.2) is 53.7 Å². The minimum atomic E-state index is -0.463. The molecule has 1 heterocycles. The minimum absolute atomic E-state index is 0.0181. The zero-order valence-corrected chi connectivity index (χ0v) is 14.7. The average molecular weight is 313 g/mol. The Balaban J connectivity index is 2.36. The molecule has 1 rings (SSSR count). The SMILES string of the molecule is CC(C)NC(=O)C(C)NC1CCN(C(=O)OC(C)(C)C)CC1. The molecule has 0 saturated carbocycles. The fourth-order valence-corrected chi connectivity index (χ4v) is 2.39. The molecule has 1 aliphatic rings. The van der Waals surface area contributed by atoms with E-state index in [0.717, 1.165) is 12.8 Å². The molecule has 22 heavy (non-hydrogen) atoms. The van der Waals surface area contributed by atoms with Gasteiger partial charge in [-0.15, -0.1) is 0 Å². The summed E-state index contributed by atoms with van der Waals surface area (Å²) in [6.07, 6.45) is 1.41. The van der Waals surface area contributed by atoms with Gasteiger partial charge in [0.25, 0.3) is 0 Å². The summed E-state index contributed by atoms with van der Waals surface area (Å²) in [7, 11) is 0. The lowest BCUT2D eigenvalue weighted by atomic mass is 10.0. The van der Waals surface area contributed by atoms with Crippen molar-refractivity contribution in [2.24, 2.45) is 0 Å². The average Bonchev–Trinajstić information content (AvgIpc) is 2.36. The van der Waals surface area contributed by atoms with Gasteiger partial charge in [0.15, 0.2) is 0 Å². The molecule has 1 atom stereocenters. The Labute approximate surface area is 134 Å². The van der Waals surface area contributed by atoms with Crippen LogP contribution in [0.5, 0.6) is 0 Å². The monoisotopic (exact) mass is 313 g/mol. The first-order valence-corrected chi connectivity index (χ1v) is 8.13. The highest BCUT2D eigenvalue weighted by Crippen LogP contribution is 2.15. The molecule has 0 spiro atoms. The lowest BCUT2D eigenvalue weighted by molar-refractivity contribution is -0.123. The van der Waals surface area contributed by atoms with Crippen molar-refractivity contribution in [3.63, 3.8) is 0 Å². The molecule has 0 aliphatic carbocycles. The van der Waals surface area contributed by atoms with Gasteiger partial charge in [0.05, 0.1) is 6.04 Å². The van der Waals surface area contributed by atoms with Crippen molar-refractivity contribution in [1.29, 1.82) is 0 Å². The summed E-state index contributed by atoms with van der Waals surface area (Å²) in [4.78, 5) is 25.6. The van der Waals surface area contributed by atoms with Crippen molar-refractivity contribution in [1.82, 2.24) is 15.5 Å². The van der Waals surface area contributed by atoms with Crippen LogP contribution in [-0.2, 0) is 9.53 Å². The Morgan fingerprint density at radius 2 is 1.68 bits per heavy atom. The topological polar surface area (TPSA) is 70.7 Å². The van der Waals surface area contributed by atoms with Crippen LogP contribution < -0.4 is 10.6 Å². The number of nitrogens with zero attached hydrogens (tertiary/aromatic N) is 1. The quantitative estimate of drug-likeness (QED) is 0.831. The molecule has 1 unspecified atom stereocenters. The van der Waals surface area contributed by atoms with E-state index in [4.69, 9.17) is 4.74 Å². The van der Waals surface area contributed by atoms with Crippen molar-refractivity contribution in [2.45, 2.75) is 78.1 Å². The molecule has 1 aliphatic heterocycles. The van der Waals surface area contributed by atoms with Gasteiger partial charge >= 0.3 is 6.09 Å². The number of piperidine rings is 1. The smallest absolute Gasteiger partial charge is 0.410 e. The van der Waals surface area contributed by atoms with E-state index in [1.165, 1.54) is 0 Å². The molecule has 6 heteroatoms. The third-order valence-corrected chi connectivity index (χ3v) is 3.46. The zero-order chi connectivity index (χ0) is 16.9. The van der Waals surface area contributed by atoms with Crippen LogP contribution in [0.2, 0.25) is 0 Å². The van der Waals surface area contributed by atoms with E-state index in [9.17, 15) is 9.59 Å². The first kappa shape index (κ1) is 18.7. The molecule has 0 aromatic heterocycles. The highest BCUT2D eigenvalue weighted by atomic mass is 16.6. The number of nitrogens with one attached hydrogen (secondary N) is 2. The first-order chi connectivity index (χ1) is 10.1. The Bertz CT molecular complexity index is 383. The van der Waals surface area contributed by atoms with Crippen LogP contribution in [0, 0.1) is 0 Å². The molecule has 0 radical (unpaired) electrons. The number of carbonyl (C=O) groups is 2. The molecule has 1 fully saturated rings. The number of amides is 2. The molecular formula is C16H31N3O3. The van der Waals surface area contributed by atoms with Gasteiger partial charge in [0.2, 0.25) is 5.91 Å². The van der Waals surface area contributed by atoms with E-state index < -0.39 is 5.60 Å². The number of likely N-dealkylation sites (tertiary alicyclic amines) is 1. The molecule has 0 bridgehead atoms. The largest absolute Gasteiger partial charge is 0.444 e. The number of ether oxygens (including phenoxy) is 1. The van der Waals surface area contributed by atoms with E-state index in [0.29, 0.717) is 13.1 Å². The van der Waals surface area contributed by atoms with Crippen LogP contribution >= 0.6 is 0 Å². The third-order valence-electron chi connectivity index (χ3n) is 3.46. The van der Waals surface area contributed by atoms with Crippen LogP contribution in [0.3, 0.4) is 0 Å². The maximum atomic E-state index is 12.0. The van der Waals surface area contributed by atoms with Gasteiger partial charge in [-0.2, -0.15) is 0 Å². The van der Waals surface area contributed by atoms with Crippen molar-refractivity contribution in [3.05, 3.63) is 0 Å². The fourth-order valence-electron chi connectivity index (χ4n) is 2.39. The second-order valence-corrected chi connectivity index (χ2v) is 7.29. The summed E-state index contributed by atoms with van der Waals surface area (Å²) >= 11 is 0. The number of rotatable bonds is 4. The second kappa shape index (κ2) is 7.81.